The van der Waals surface area contributed by atoms with Crippen LogP contribution in [0.3, 0.4) is 0 Å². The lowest BCUT2D eigenvalue weighted by Crippen LogP contribution is -2.06. The summed E-state index contributed by atoms with van der Waals surface area (Å²) in [7, 11) is 0. The third kappa shape index (κ3) is 1.27. The van der Waals surface area contributed by atoms with E-state index >= 15 is 0 Å². The topological polar surface area (TPSA) is 56.2 Å². The van der Waals surface area contributed by atoms with Gasteiger partial charge in [0.1, 0.15) is 11.3 Å². The van der Waals surface area contributed by atoms with Crippen molar-refractivity contribution in [2.75, 3.05) is 5.73 Å². The molecule has 14 heavy (non-hydrogen) atoms. The van der Waals surface area contributed by atoms with Crippen molar-refractivity contribution in [2.24, 2.45) is 0 Å². The van der Waals surface area contributed by atoms with Crippen LogP contribution in [-0.4, -0.2) is 0 Å². The maximum atomic E-state index is 11.2. The first-order chi connectivity index (χ1) is 6.72. The summed E-state index contributed by atoms with van der Waals surface area (Å²) in [4.78, 5) is 11.2. The molecule has 0 fully saturated rings. The first-order valence-corrected chi connectivity index (χ1v) is 4.53. The molecule has 0 bridgehead atoms. The van der Waals surface area contributed by atoms with Crippen molar-refractivity contribution in [2.45, 2.75) is 13.3 Å². The van der Waals surface area contributed by atoms with Gasteiger partial charge in [-0.1, -0.05) is 25.1 Å². The summed E-state index contributed by atoms with van der Waals surface area (Å²) in [6.45, 7) is 2.02. The van der Waals surface area contributed by atoms with Crippen LogP contribution in [0.5, 0.6) is 0 Å². The van der Waals surface area contributed by atoms with Crippen LogP contribution in [-0.2, 0) is 6.42 Å². The van der Waals surface area contributed by atoms with Crippen LogP contribution in [0.4, 0.5) is 5.69 Å². The zero-order valence-corrected chi connectivity index (χ0v) is 7.91. The van der Waals surface area contributed by atoms with Gasteiger partial charge < -0.3 is 10.2 Å². The standard InChI is InChI=1S/C11H11NO2/c1-2-7-4-3-5-8-6-9(12)11(13)14-10(7)8/h3-6H,2,12H2,1H3. The van der Waals surface area contributed by atoms with Crippen molar-refractivity contribution in [3.05, 3.63) is 40.2 Å². The lowest BCUT2D eigenvalue weighted by molar-refractivity contribution is 0.560. The molecule has 2 N–H and O–H groups in total. The van der Waals surface area contributed by atoms with Crippen molar-refractivity contribution in [1.82, 2.24) is 0 Å². The van der Waals surface area contributed by atoms with Gasteiger partial charge in [0.05, 0.1) is 0 Å². The Morgan fingerprint density at radius 2 is 2.21 bits per heavy atom. The number of rotatable bonds is 1. The Bertz CT molecular complexity index is 528. The molecule has 0 saturated carbocycles. The van der Waals surface area contributed by atoms with Gasteiger partial charge in [-0.3, -0.25) is 0 Å². The Balaban J connectivity index is 2.88. The highest BCUT2D eigenvalue weighted by Gasteiger charge is 2.04. The van der Waals surface area contributed by atoms with Crippen molar-refractivity contribution < 1.29 is 4.42 Å². The van der Waals surface area contributed by atoms with Gasteiger partial charge in [-0.05, 0) is 18.1 Å². The molecule has 0 aliphatic rings. The lowest BCUT2D eigenvalue weighted by atomic mass is 10.1. The lowest BCUT2D eigenvalue weighted by Gasteiger charge is -2.02. The summed E-state index contributed by atoms with van der Waals surface area (Å²) in [5.74, 6) is 0. The van der Waals surface area contributed by atoms with Gasteiger partial charge in [0, 0.05) is 5.39 Å². The molecule has 3 nitrogen and oxygen atoms in total. The number of anilines is 1. The van der Waals surface area contributed by atoms with Crippen molar-refractivity contribution in [3.8, 4) is 0 Å². The zero-order chi connectivity index (χ0) is 10.1. The van der Waals surface area contributed by atoms with E-state index in [-0.39, 0.29) is 5.69 Å². The van der Waals surface area contributed by atoms with E-state index in [1.54, 1.807) is 6.07 Å². The van der Waals surface area contributed by atoms with Gasteiger partial charge in [0.15, 0.2) is 0 Å². The van der Waals surface area contributed by atoms with Gasteiger partial charge in [-0.2, -0.15) is 0 Å². The SMILES string of the molecule is CCc1cccc2cc(N)c(=O)oc12. The molecule has 0 aliphatic heterocycles. The van der Waals surface area contributed by atoms with E-state index < -0.39 is 5.63 Å². The molecule has 0 amide bonds. The Morgan fingerprint density at radius 1 is 1.43 bits per heavy atom. The third-order valence-corrected chi connectivity index (χ3v) is 2.25. The maximum Gasteiger partial charge on any atom is 0.359 e. The van der Waals surface area contributed by atoms with Gasteiger partial charge in [0.25, 0.3) is 0 Å². The average Bonchev–Trinajstić information content (AvgIpc) is 2.19. The van der Waals surface area contributed by atoms with Crippen molar-refractivity contribution >= 4 is 16.7 Å². The third-order valence-electron chi connectivity index (χ3n) is 2.25. The second-order valence-electron chi connectivity index (χ2n) is 3.18. The Morgan fingerprint density at radius 3 is 2.93 bits per heavy atom. The van der Waals surface area contributed by atoms with Crippen LogP contribution in [0, 0.1) is 0 Å². The summed E-state index contributed by atoms with van der Waals surface area (Å²) in [5, 5.41) is 0.876. The van der Waals surface area contributed by atoms with Crippen molar-refractivity contribution in [1.29, 1.82) is 0 Å². The minimum atomic E-state index is -0.460. The van der Waals surface area contributed by atoms with Crippen LogP contribution in [0.15, 0.2) is 33.5 Å². The normalized spacial score (nSPS) is 10.6. The highest BCUT2D eigenvalue weighted by molar-refractivity contribution is 5.81. The van der Waals surface area contributed by atoms with E-state index in [1.165, 1.54) is 0 Å². The number of para-hydroxylation sites is 1. The van der Waals surface area contributed by atoms with Gasteiger partial charge in [0.2, 0.25) is 0 Å². The molecule has 2 aromatic rings. The van der Waals surface area contributed by atoms with E-state index in [4.69, 9.17) is 10.2 Å². The molecule has 3 heteroatoms. The second kappa shape index (κ2) is 3.18. The fourth-order valence-corrected chi connectivity index (χ4v) is 1.50. The number of fused-ring (bicyclic) bond motifs is 1. The minimum Gasteiger partial charge on any atom is -0.421 e. The molecule has 1 aromatic carbocycles. The number of nitrogens with two attached hydrogens (primary N) is 1. The van der Waals surface area contributed by atoms with Gasteiger partial charge in [-0.15, -0.1) is 0 Å². The van der Waals surface area contributed by atoms with E-state index in [2.05, 4.69) is 0 Å². The number of hydrogen-bond acceptors (Lipinski definition) is 3. The molecule has 1 aromatic heterocycles. The van der Waals surface area contributed by atoms with E-state index in [1.807, 2.05) is 25.1 Å². The van der Waals surface area contributed by atoms with Crippen molar-refractivity contribution in [3.63, 3.8) is 0 Å². The molecular weight excluding hydrogens is 178 g/mol. The summed E-state index contributed by atoms with van der Waals surface area (Å²) in [6, 6.07) is 7.41. The Labute approximate surface area is 81.1 Å². The predicted octanol–water partition coefficient (Wildman–Crippen LogP) is 1.94. The smallest absolute Gasteiger partial charge is 0.359 e. The predicted molar refractivity (Wildman–Crippen MR) is 56.3 cm³/mol. The van der Waals surface area contributed by atoms with Crippen LogP contribution in [0.25, 0.3) is 11.0 Å². The Kier molecular flexibility index (Phi) is 2.00. The number of aryl methyl sites for hydroxylation is 1. The number of benzene rings is 1. The molecular formula is C11H11NO2. The number of nitrogen functional groups attached to an aromatic ring is 1. The highest BCUT2D eigenvalue weighted by atomic mass is 16.4. The Hall–Kier alpha value is -1.77. The monoisotopic (exact) mass is 189 g/mol. The summed E-state index contributed by atoms with van der Waals surface area (Å²) < 4.78 is 5.13. The molecule has 0 saturated heterocycles. The quantitative estimate of drug-likeness (QED) is 0.697. The van der Waals surface area contributed by atoms with E-state index in [0.717, 1.165) is 17.4 Å². The van der Waals surface area contributed by atoms with Crippen LogP contribution in [0.1, 0.15) is 12.5 Å². The molecule has 0 radical (unpaired) electrons. The van der Waals surface area contributed by atoms with Crippen LogP contribution in [0.2, 0.25) is 0 Å². The maximum absolute atomic E-state index is 11.2. The highest BCUT2D eigenvalue weighted by Crippen LogP contribution is 2.18. The molecule has 72 valence electrons. The summed E-state index contributed by atoms with van der Waals surface area (Å²) >= 11 is 0. The van der Waals surface area contributed by atoms with Gasteiger partial charge in [-0.25, -0.2) is 4.79 Å². The number of hydrogen-bond donors (Lipinski definition) is 1. The van der Waals surface area contributed by atoms with E-state index in [0.29, 0.717) is 5.58 Å². The summed E-state index contributed by atoms with van der Waals surface area (Å²) in [6.07, 6.45) is 0.837. The first-order valence-electron chi connectivity index (χ1n) is 4.53. The molecule has 0 unspecified atom stereocenters. The summed E-state index contributed by atoms with van der Waals surface area (Å²) in [5.41, 5.74) is 6.84. The molecule has 2 rings (SSSR count). The fraction of sp³-hybridized carbons (Fsp3) is 0.182. The molecule has 0 aliphatic carbocycles. The largest absolute Gasteiger partial charge is 0.421 e. The molecule has 0 spiro atoms. The van der Waals surface area contributed by atoms with Gasteiger partial charge >= 0.3 is 5.63 Å². The first kappa shape index (κ1) is 8.81. The minimum absolute atomic E-state index is 0.158. The second-order valence-corrected chi connectivity index (χ2v) is 3.18. The van der Waals surface area contributed by atoms with Crippen LogP contribution >= 0.6 is 0 Å². The zero-order valence-electron chi connectivity index (χ0n) is 7.91. The van der Waals surface area contributed by atoms with Crippen LogP contribution < -0.4 is 11.4 Å². The average molecular weight is 189 g/mol. The van der Waals surface area contributed by atoms with E-state index in [9.17, 15) is 4.79 Å². The molecule has 1 heterocycles. The molecule has 0 atom stereocenters. The fourth-order valence-electron chi connectivity index (χ4n) is 1.50.